The number of para-hydroxylation sites is 2. The molecule has 0 saturated heterocycles. The van der Waals surface area contributed by atoms with Crippen LogP contribution in [0.25, 0.3) is 0 Å². The average Bonchev–Trinajstić information content (AvgIpc) is 3.05. The van der Waals surface area contributed by atoms with Crippen molar-refractivity contribution in [2.45, 2.75) is 44.1 Å². The molecule has 1 saturated carbocycles. The fourth-order valence-electron chi connectivity index (χ4n) is 3.40. The van der Waals surface area contributed by atoms with Crippen molar-refractivity contribution in [3.8, 4) is 5.75 Å². The molecule has 0 radical (unpaired) electrons. The molecule has 1 unspecified atom stereocenters. The van der Waals surface area contributed by atoms with E-state index in [1.54, 1.807) is 0 Å². The second-order valence-corrected chi connectivity index (χ2v) is 6.04. The fourth-order valence-corrected chi connectivity index (χ4v) is 3.40. The highest BCUT2D eigenvalue weighted by atomic mass is 16.5. The van der Waals surface area contributed by atoms with E-state index in [-0.39, 0.29) is 6.10 Å². The van der Waals surface area contributed by atoms with Crippen molar-refractivity contribution < 1.29 is 4.74 Å². The van der Waals surface area contributed by atoms with Gasteiger partial charge >= 0.3 is 0 Å². The van der Waals surface area contributed by atoms with Gasteiger partial charge in [-0.15, -0.1) is 0 Å². The third-order valence-corrected chi connectivity index (χ3v) is 4.60. The van der Waals surface area contributed by atoms with Crippen molar-refractivity contribution in [3.63, 3.8) is 0 Å². The Hall–Kier alpha value is -1.97. The number of hydrogen-bond donors (Lipinski definition) is 2. The zero-order valence-electron chi connectivity index (χ0n) is 12.1. The number of rotatable bonds is 2. The van der Waals surface area contributed by atoms with Crippen LogP contribution in [0.3, 0.4) is 0 Å². The highest BCUT2D eigenvalue weighted by Crippen LogP contribution is 2.35. The van der Waals surface area contributed by atoms with E-state index >= 15 is 0 Å². The maximum absolute atomic E-state index is 6.06. The van der Waals surface area contributed by atoms with Crippen LogP contribution in [0.5, 0.6) is 5.75 Å². The molecule has 1 fully saturated rings. The van der Waals surface area contributed by atoms with Crippen molar-refractivity contribution in [3.05, 3.63) is 42.0 Å². The zero-order chi connectivity index (χ0) is 14.1. The van der Waals surface area contributed by atoms with Gasteiger partial charge in [0.05, 0.1) is 12.2 Å². The van der Waals surface area contributed by atoms with Crippen LogP contribution in [-0.4, -0.2) is 16.5 Å². The van der Waals surface area contributed by atoms with Gasteiger partial charge in [-0.2, -0.15) is 0 Å². The topological polar surface area (TPSA) is 49.9 Å². The van der Waals surface area contributed by atoms with Crippen molar-refractivity contribution in [2.75, 3.05) is 11.9 Å². The van der Waals surface area contributed by atoms with E-state index in [4.69, 9.17) is 4.74 Å². The summed E-state index contributed by atoms with van der Waals surface area (Å²) in [6, 6.07) is 8.06. The second-order valence-electron chi connectivity index (χ2n) is 6.04. The van der Waals surface area contributed by atoms with Crippen LogP contribution in [-0.2, 0) is 0 Å². The Morgan fingerprint density at radius 3 is 2.86 bits per heavy atom. The third-order valence-electron chi connectivity index (χ3n) is 4.60. The Kier molecular flexibility index (Phi) is 3.30. The van der Waals surface area contributed by atoms with Crippen molar-refractivity contribution in [2.24, 2.45) is 0 Å². The standard InChI is InChI=1S/C17H21N3O/c1-2-6-12(7-3-1)14-10-19-17(20-14)16-11-18-13-8-4-5-9-15(13)21-16/h4-5,8-10,12,16,18H,1-3,6-7,11H2,(H,19,20). The summed E-state index contributed by atoms with van der Waals surface area (Å²) in [4.78, 5) is 8.07. The Balaban J connectivity index is 1.51. The molecule has 0 amide bonds. The fraction of sp³-hybridized carbons (Fsp3) is 0.471. The SMILES string of the molecule is c1ccc2c(c1)NCC(c1ncc(C3CCCCC3)[nH]1)O2. The number of benzene rings is 1. The predicted octanol–water partition coefficient (Wildman–Crippen LogP) is 4.00. The van der Waals surface area contributed by atoms with Gasteiger partial charge in [0.1, 0.15) is 11.6 Å². The van der Waals surface area contributed by atoms with Gasteiger partial charge in [-0.3, -0.25) is 0 Å². The monoisotopic (exact) mass is 283 g/mol. The highest BCUT2D eigenvalue weighted by molar-refractivity contribution is 5.57. The van der Waals surface area contributed by atoms with Gasteiger partial charge in [0.25, 0.3) is 0 Å². The average molecular weight is 283 g/mol. The lowest BCUT2D eigenvalue weighted by molar-refractivity contribution is 0.201. The maximum atomic E-state index is 6.06. The molecule has 1 atom stereocenters. The summed E-state index contributed by atoms with van der Waals surface area (Å²) < 4.78 is 6.06. The van der Waals surface area contributed by atoms with Gasteiger partial charge in [0.2, 0.25) is 0 Å². The van der Waals surface area contributed by atoms with E-state index in [1.807, 2.05) is 30.5 Å². The van der Waals surface area contributed by atoms with Gasteiger partial charge < -0.3 is 15.0 Å². The first-order chi connectivity index (χ1) is 10.4. The number of anilines is 1. The lowest BCUT2D eigenvalue weighted by Gasteiger charge is -2.26. The number of imidazole rings is 1. The van der Waals surface area contributed by atoms with E-state index in [1.165, 1.54) is 37.8 Å². The first-order valence-corrected chi connectivity index (χ1v) is 7.94. The molecule has 2 aromatic rings. The quantitative estimate of drug-likeness (QED) is 0.875. The van der Waals surface area contributed by atoms with Crippen LogP contribution in [0.1, 0.15) is 55.6 Å². The van der Waals surface area contributed by atoms with Crippen LogP contribution in [0.15, 0.2) is 30.5 Å². The molecule has 1 aromatic heterocycles. The van der Waals surface area contributed by atoms with E-state index in [0.717, 1.165) is 23.8 Å². The van der Waals surface area contributed by atoms with Gasteiger partial charge in [-0.1, -0.05) is 31.4 Å². The number of nitrogens with one attached hydrogen (secondary N) is 2. The Morgan fingerprint density at radius 1 is 1.10 bits per heavy atom. The normalized spacial score (nSPS) is 22.2. The predicted molar refractivity (Wildman–Crippen MR) is 82.7 cm³/mol. The van der Waals surface area contributed by atoms with Gasteiger partial charge in [0, 0.05) is 17.8 Å². The van der Waals surface area contributed by atoms with Crippen LogP contribution in [0.4, 0.5) is 5.69 Å². The van der Waals surface area contributed by atoms with E-state index in [0.29, 0.717) is 5.92 Å². The minimum atomic E-state index is -0.0303. The molecule has 0 spiro atoms. The maximum Gasteiger partial charge on any atom is 0.173 e. The largest absolute Gasteiger partial charge is 0.478 e. The molecule has 21 heavy (non-hydrogen) atoms. The first-order valence-electron chi connectivity index (χ1n) is 7.94. The van der Waals surface area contributed by atoms with Crippen LogP contribution in [0.2, 0.25) is 0 Å². The molecular formula is C17H21N3O. The number of hydrogen-bond acceptors (Lipinski definition) is 3. The smallest absolute Gasteiger partial charge is 0.173 e. The number of ether oxygens (including phenoxy) is 1. The van der Waals surface area contributed by atoms with Gasteiger partial charge in [0.15, 0.2) is 6.10 Å². The molecule has 4 heteroatoms. The molecule has 0 bridgehead atoms. The molecule has 2 heterocycles. The summed E-state index contributed by atoms with van der Waals surface area (Å²) in [7, 11) is 0. The molecule has 1 aromatic carbocycles. The molecule has 4 rings (SSSR count). The van der Waals surface area contributed by atoms with E-state index < -0.39 is 0 Å². The Morgan fingerprint density at radius 2 is 1.95 bits per heavy atom. The summed E-state index contributed by atoms with van der Waals surface area (Å²) in [6.45, 7) is 0.759. The lowest BCUT2D eigenvalue weighted by atomic mass is 9.87. The van der Waals surface area contributed by atoms with Crippen LogP contribution < -0.4 is 10.1 Å². The van der Waals surface area contributed by atoms with Crippen molar-refractivity contribution in [1.29, 1.82) is 0 Å². The zero-order valence-corrected chi connectivity index (χ0v) is 12.1. The molecule has 2 N–H and O–H groups in total. The minimum Gasteiger partial charge on any atom is -0.478 e. The van der Waals surface area contributed by atoms with Gasteiger partial charge in [-0.25, -0.2) is 4.98 Å². The summed E-state index contributed by atoms with van der Waals surface area (Å²) in [5, 5.41) is 3.41. The van der Waals surface area contributed by atoms with Crippen LogP contribution >= 0.6 is 0 Å². The Labute approximate surface area is 124 Å². The highest BCUT2D eigenvalue weighted by Gasteiger charge is 2.25. The summed E-state index contributed by atoms with van der Waals surface area (Å²) in [6.07, 6.45) is 8.61. The van der Waals surface area contributed by atoms with Gasteiger partial charge in [-0.05, 0) is 25.0 Å². The molecule has 110 valence electrons. The van der Waals surface area contributed by atoms with Crippen molar-refractivity contribution >= 4 is 5.69 Å². The Bertz CT molecular complexity index is 616. The number of H-pyrrole nitrogens is 1. The molecular weight excluding hydrogens is 262 g/mol. The van der Waals surface area contributed by atoms with Crippen molar-refractivity contribution in [1.82, 2.24) is 9.97 Å². The number of aromatic amines is 1. The molecule has 2 aliphatic rings. The number of fused-ring (bicyclic) bond motifs is 1. The summed E-state index contributed by atoms with van der Waals surface area (Å²) in [5.41, 5.74) is 2.35. The molecule has 1 aliphatic carbocycles. The lowest BCUT2D eigenvalue weighted by Crippen LogP contribution is -2.24. The van der Waals surface area contributed by atoms with E-state index in [2.05, 4.69) is 15.3 Å². The summed E-state index contributed by atoms with van der Waals surface area (Å²) >= 11 is 0. The third kappa shape index (κ3) is 2.50. The molecule has 4 nitrogen and oxygen atoms in total. The second kappa shape index (κ2) is 5.43. The van der Waals surface area contributed by atoms with E-state index in [9.17, 15) is 0 Å². The summed E-state index contributed by atoms with van der Waals surface area (Å²) in [5.74, 6) is 2.51. The number of aromatic nitrogens is 2. The molecule has 1 aliphatic heterocycles. The minimum absolute atomic E-state index is 0.0303. The van der Waals surface area contributed by atoms with Crippen LogP contribution in [0, 0.1) is 0 Å². The first kappa shape index (κ1) is 12.7. The number of nitrogens with zero attached hydrogens (tertiary/aromatic N) is 1.